The summed E-state index contributed by atoms with van der Waals surface area (Å²) < 4.78 is 0. The largest absolute Gasteiger partial charge is 0.370 e. The van der Waals surface area contributed by atoms with Gasteiger partial charge in [0.2, 0.25) is 0 Å². The number of thiophene rings is 1. The van der Waals surface area contributed by atoms with Crippen LogP contribution in [-0.2, 0) is 0 Å². The van der Waals surface area contributed by atoms with Gasteiger partial charge in [0.05, 0.1) is 5.56 Å². The molecule has 0 unspecified atom stereocenters. The maximum atomic E-state index is 12.3. The van der Waals surface area contributed by atoms with E-state index in [4.69, 9.17) is 5.73 Å². The van der Waals surface area contributed by atoms with Gasteiger partial charge in [0, 0.05) is 30.3 Å². The lowest BCUT2D eigenvalue weighted by Crippen LogP contribution is -2.20. The molecule has 0 spiro atoms. The van der Waals surface area contributed by atoms with E-state index in [0.717, 1.165) is 23.5 Å². The van der Waals surface area contributed by atoms with Gasteiger partial charge in [-0.3, -0.25) is 9.59 Å². The van der Waals surface area contributed by atoms with E-state index in [1.54, 1.807) is 11.4 Å². The van der Waals surface area contributed by atoms with Crippen LogP contribution in [-0.4, -0.2) is 30.4 Å². The van der Waals surface area contributed by atoms with Gasteiger partial charge in [-0.2, -0.15) is 11.3 Å². The topological polar surface area (TPSA) is 100 Å². The number of nitrogens with zero attached hydrogens (tertiary/aromatic N) is 2. The molecule has 4 N–H and O–H groups in total. The van der Waals surface area contributed by atoms with Crippen LogP contribution in [0.3, 0.4) is 0 Å². The van der Waals surface area contributed by atoms with Crippen molar-refractivity contribution >= 4 is 62.1 Å². The van der Waals surface area contributed by atoms with Crippen molar-refractivity contribution in [2.24, 2.45) is 5.73 Å². The molecule has 7 nitrogen and oxygen atoms in total. The number of thiazole rings is 1. The average molecular weight is 412 g/mol. The summed E-state index contributed by atoms with van der Waals surface area (Å²) in [4.78, 5) is 30.5. The number of hydrogen-bond acceptors (Lipinski definition) is 7. The van der Waals surface area contributed by atoms with Crippen molar-refractivity contribution in [1.82, 2.24) is 4.98 Å². The quantitative estimate of drug-likeness (QED) is 0.593. The standard InChI is InChI=1S/C19H17N5O2S2/c1-24-7-2-3-11-9-13(4-5-14(11)24)21-19-22-15(16(20)25)18(28-19)23-17(26)12-6-8-27-10-12/h2-6,8-10H,7H2,1H3,(H2,20,25)(H,21,22)(H,23,26). The third kappa shape index (κ3) is 3.62. The number of hydrogen-bond donors (Lipinski definition) is 3. The Kier molecular flexibility index (Phi) is 4.84. The number of rotatable bonds is 5. The Hall–Kier alpha value is -3.17. The second-order valence-electron chi connectivity index (χ2n) is 6.21. The molecule has 0 saturated carbocycles. The second-order valence-corrected chi connectivity index (χ2v) is 7.99. The SMILES string of the molecule is CN1CC=Cc2cc(Nc3nc(C(N)=O)c(NC(=O)c4ccsc4)s3)ccc21. The third-order valence-corrected chi connectivity index (χ3v) is 5.81. The minimum absolute atomic E-state index is 0.0358. The fourth-order valence-electron chi connectivity index (χ4n) is 2.87. The summed E-state index contributed by atoms with van der Waals surface area (Å²) in [5.41, 5.74) is 9.07. The summed E-state index contributed by atoms with van der Waals surface area (Å²) in [5, 5.41) is 10.3. The lowest BCUT2D eigenvalue weighted by molar-refractivity contribution is 0.0997. The number of nitrogens with two attached hydrogens (primary N) is 1. The lowest BCUT2D eigenvalue weighted by Gasteiger charge is -2.24. The summed E-state index contributed by atoms with van der Waals surface area (Å²) in [7, 11) is 2.04. The molecule has 142 valence electrons. The molecule has 4 rings (SSSR count). The Morgan fingerprint density at radius 3 is 2.89 bits per heavy atom. The molecule has 3 heterocycles. The summed E-state index contributed by atoms with van der Waals surface area (Å²) in [6.45, 7) is 0.876. The van der Waals surface area contributed by atoms with Gasteiger partial charge in [-0.25, -0.2) is 4.98 Å². The van der Waals surface area contributed by atoms with Gasteiger partial charge < -0.3 is 21.3 Å². The molecule has 0 fully saturated rings. The summed E-state index contributed by atoms with van der Waals surface area (Å²) in [6.07, 6.45) is 4.17. The fraction of sp³-hybridized carbons (Fsp3) is 0.105. The van der Waals surface area contributed by atoms with Crippen LogP contribution < -0.4 is 21.3 Å². The van der Waals surface area contributed by atoms with Crippen molar-refractivity contribution in [2.75, 3.05) is 29.1 Å². The van der Waals surface area contributed by atoms with Gasteiger partial charge >= 0.3 is 0 Å². The highest BCUT2D eigenvalue weighted by Gasteiger charge is 2.19. The zero-order valence-corrected chi connectivity index (χ0v) is 16.6. The smallest absolute Gasteiger partial charge is 0.270 e. The van der Waals surface area contributed by atoms with E-state index in [2.05, 4.69) is 32.7 Å². The Bertz CT molecular complexity index is 1070. The highest BCUT2D eigenvalue weighted by atomic mass is 32.1. The maximum Gasteiger partial charge on any atom is 0.270 e. The van der Waals surface area contributed by atoms with E-state index >= 15 is 0 Å². The van der Waals surface area contributed by atoms with Crippen LogP contribution >= 0.6 is 22.7 Å². The van der Waals surface area contributed by atoms with Gasteiger partial charge in [-0.05, 0) is 35.2 Å². The summed E-state index contributed by atoms with van der Waals surface area (Å²) in [6, 6.07) is 7.70. The van der Waals surface area contributed by atoms with Crippen molar-refractivity contribution in [2.45, 2.75) is 0 Å². The molecular weight excluding hydrogens is 394 g/mol. The number of likely N-dealkylation sites (N-methyl/N-ethyl adjacent to an activating group) is 1. The van der Waals surface area contributed by atoms with E-state index in [0.29, 0.717) is 15.7 Å². The van der Waals surface area contributed by atoms with Crippen molar-refractivity contribution in [3.63, 3.8) is 0 Å². The second kappa shape index (κ2) is 7.45. The first-order chi connectivity index (χ1) is 13.5. The van der Waals surface area contributed by atoms with Crippen LogP contribution in [0.15, 0.2) is 41.1 Å². The van der Waals surface area contributed by atoms with Gasteiger partial charge in [0.15, 0.2) is 10.8 Å². The van der Waals surface area contributed by atoms with E-state index in [1.165, 1.54) is 22.7 Å². The van der Waals surface area contributed by atoms with E-state index in [-0.39, 0.29) is 11.6 Å². The molecule has 3 aromatic rings. The number of amides is 2. The number of fused-ring (bicyclic) bond motifs is 1. The first-order valence-corrected chi connectivity index (χ1v) is 10.2. The van der Waals surface area contributed by atoms with E-state index < -0.39 is 5.91 Å². The van der Waals surface area contributed by atoms with Gasteiger partial charge in [0.1, 0.15) is 5.00 Å². The van der Waals surface area contributed by atoms with Gasteiger partial charge in [-0.1, -0.05) is 23.5 Å². The van der Waals surface area contributed by atoms with Crippen molar-refractivity contribution in [3.8, 4) is 0 Å². The highest BCUT2D eigenvalue weighted by Crippen LogP contribution is 2.33. The van der Waals surface area contributed by atoms with Gasteiger partial charge in [-0.15, -0.1) is 0 Å². The minimum Gasteiger partial charge on any atom is -0.370 e. The molecule has 0 saturated heterocycles. The molecule has 2 amide bonds. The van der Waals surface area contributed by atoms with Gasteiger partial charge in [0.25, 0.3) is 11.8 Å². The normalized spacial score (nSPS) is 12.5. The number of benzene rings is 1. The summed E-state index contributed by atoms with van der Waals surface area (Å²) >= 11 is 2.59. The Morgan fingerprint density at radius 1 is 1.29 bits per heavy atom. The zero-order valence-electron chi connectivity index (χ0n) is 14.9. The highest BCUT2D eigenvalue weighted by molar-refractivity contribution is 7.20. The van der Waals surface area contributed by atoms with Crippen molar-refractivity contribution in [3.05, 3.63) is 57.9 Å². The molecule has 1 aliphatic rings. The van der Waals surface area contributed by atoms with Crippen molar-refractivity contribution in [1.29, 1.82) is 0 Å². The van der Waals surface area contributed by atoms with Crippen LogP contribution in [0.4, 0.5) is 21.5 Å². The molecule has 1 aliphatic heterocycles. The molecule has 0 atom stereocenters. The summed E-state index contributed by atoms with van der Waals surface area (Å²) in [5.74, 6) is -0.999. The fourth-order valence-corrected chi connectivity index (χ4v) is 4.39. The monoisotopic (exact) mass is 411 g/mol. The number of carbonyl (C=O) groups excluding carboxylic acids is 2. The minimum atomic E-state index is -0.695. The molecular formula is C19H17N5O2S2. The van der Waals surface area contributed by atoms with Crippen LogP contribution in [0.25, 0.3) is 6.08 Å². The van der Waals surface area contributed by atoms with Crippen molar-refractivity contribution < 1.29 is 9.59 Å². The van der Waals surface area contributed by atoms with E-state index in [9.17, 15) is 9.59 Å². The van der Waals surface area contributed by atoms with Crippen LogP contribution in [0.1, 0.15) is 26.4 Å². The Labute approximate surface area is 169 Å². The third-order valence-electron chi connectivity index (χ3n) is 4.24. The molecule has 9 heteroatoms. The van der Waals surface area contributed by atoms with Crippen LogP contribution in [0.5, 0.6) is 0 Å². The Balaban J connectivity index is 1.58. The molecule has 0 bridgehead atoms. The number of aromatic nitrogens is 1. The molecule has 0 radical (unpaired) electrons. The first-order valence-electron chi connectivity index (χ1n) is 8.44. The first kappa shape index (κ1) is 18.2. The van der Waals surface area contributed by atoms with Crippen LogP contribution in [0, 0.1) is 0 Å². The predicted octanol–water partition coefficient (Wildman–Crippen LogP) is 3.76. The lowest BCUT2D eigenvalue weighted by atomic mass is 10.1. The number of carbonyl (C=O) groups is 2. The van der Waals surface area contributed by atoms with E-state index in [1.807, 2.05) is 30.6 Å². The molecule has 1 aromatic carbocycles. The molecule has 2 aromatic heterocycles. The number of nitrogens with one attached hydrogen (secondary N) is 2. The number of primary amides is 1. The molecule has 0 aliphatic carbocycles. The maximum absolute atomic E-state index is 12.3. The Morgan fingerprint density at radius 2 is 2.14 bits per heavy atom. The predicted molar refractivity (Wildman–Crippen MR) is 115 cm³/mol. The molecule has 28 heavy (non-hydrogen) atoms. The number of anilines is 4. The zero-order chi connectivity index (χ0) is 19.7. The average Bonchev–Trinajstić information content (AvgIpc) is 3.32. The van der Waals surface area contributed by atoms with Crippen LogP contribution in [0.2, 0.25) is 0 Å².